The summed E-state index contributed by atoms with van der Waals surface area (Å²) in [5.41, 5.74) is 0. The molecule has 3 aliphatic heterocycles. The summed E-state index contributed by atoms with van der Waals surface area (Å²) < 4.78 is 0. The molecular weight excluding hydrogens is 1070 g/mol. The molecule has 33 heteroatoms. The average molecular weight is 1160 g/mol. The summed E-state index contributed by atoms with van der Waals surface area (Å²) >= 11 is 0. The second-order valence-corrected chi connectivity index (χ2v) is 19.5. The molecule has 3 saturated heterocycles. The van der Waals surface area contributed by atoms with Crippen molar-refractivity contribution in [3.63, 3.8) is 0 Å². The average Bonchev–Trinajstić information content (AvgIpc) is 3.33. The van der Waals surface area contributed by atoms with E-state index in [0.29, 0.717) is 157 Å². The molecule has 3 fully saturated rings. The molecule has 460 valence electrons. The van der Waals surface area contributed by atoms with Crippen LogP contribution in [0.15, 0.2) is 0 Å². The summed E-state index contributed by atoms with van der Waals surface area (Å²) in [5.74, 6) is -9.76. The van der Waals surface area contributed by atoms with Crippen molar-refractivity contribution >= 4 is 59.7 Å². The quantitative estimate of drug-likeness (QED) is 0.0479. The number of hydrogen-bond acceptors (Lipinski definition) is 23. The number of carboxylic acids is 10. The van der Waals surface area contributed by atoms with Gasteiger partial charge >= 0.3 is 59.7 Å². The fraction of sp³-hybridized carbons (Fsp3) is 0.787. The molecular formula is C47H86N12O21. The van der Waals surface area contributed by atoms with Crippen molar-refractivity contribution in [2.75, 3.05) is 229 Å². The van der Waals surface area contributed by atoms with Gasteiger partial charge in [-0.25, -0.2) is 0 Å². The molecule has 12 N–H and O–H groups in total. The third-order valence-electron chi connectivity index (χ3n) is 13.0. The fourth-order valence-corrected chi connectivity index (χ4v) is 8.68. The molecule has 3 rings (SSSR count). The Balaban J connectivity index is 0.000000602. The Kier molecular flexibility index (Phi) is 37.2. The number of rotatable bonds is 22. The molecule has 33 nitrogen and oxygen atoms in total. The van der Waals surface area contributed by atoms with E-state index >= 15 is 0 Å². The summed E-state index contributed by atoms with van der Waals surface area (Å²) in [6.45, 7) is 9.98. The van der Waals surface area contributed by atoms with E-state index in [0.717, 1.165) is 0 Å². The predicted octanol–water partition coefficient (Wildman–Crippen LogP) is -6.86. The molecule has 0 saturated carbocycles. The van der Waals surface area contributed by atoms with Crippen molar-refractivity contribution in [2.24, 2.45) is 0 Å². The van der Waals surface area contributed by atoms with Gasteiger partial charge in [-0.05, 0) is 6.92 Å². The Morgan fingerprint density at radius 1 is 0.275 bits per heavy atom. The molecule has 0 aromatic carbocycles. The van der Waals surface area contributed by atoms with Crippen molar-refractivity contribution in [2.45, 2.75) is 13.0 Å². The Morgan fingerprint density at radius 2 is 0.412 bits per heavy atom. The van der Waals surface area contributed by atoms with Gasteiger partial charge in [-0.3, -0.25) is 102 Å². The van der Waals surface area contributed by atoms with E-state index in [2.05, 4.69) is 5.32 Å². The Morgan fingerprint density at radius 3 is 0.550 bits per heavy atom. The van der Waals surface area contributed by atoms with Gasteiger partial charge in [0.05, 0.1) is 72.1 Å². The van der Waals surface area contributed by atoms with Crippen molar-refractivity contribution in [3.8, 4) is 0 Å². The van der Waals surface area contributed by atoms with Crippen molar-refractivity contribution in [1.82, 2.24) is 59.2 Å². The molecule has 0 aliphatic carbocycles. The SMILES string of the molecule is CC(CO)N1CCN(CC(=O)O)CCN(CC(=O)O)CCN(CC(=O)O)CC1.O=C(O)CN1CCN(CC(=O)O)CCN(CC(=O)O)CCN(CC(=O)O)CC1.O=C(O)CN1CCNCCN(CC(=O)O)CCN(CC(=O)O)CC1. The van der Waals surface area contributed by atoms with E-state index in [9.17, 15) is 53.1 Å². The first-order valence-corrected chi connectivity index (χ1v) is 26.2. The first-order valence-electron chi connectivity index (χ1n) is 26.2. The smallest absolute Gasteiger partial charge is 0.317 e. The Labute approximate surface area is 464 Å². The first kappa shape index (κ1) is 72.2. The van der Waals surface area contributed by atoms with E-state index < -0.39 is 59.7 Å². The molecule has 1 atom stereocenters. The maximum atomic E-state index is 11.2. The molecule has 3 aliphatic rings. The second-order valence-electron chi connectivity index (χ2n) is 19.5. The van der Waals surface area contributed by atoms with Gasteiger partial charge in [0.2, 0.25) is 0 Å². The Bertz CT molecular complexity index is 1760. The monoisotopic (exact) mass is 1150 g/mol. The highest BCUT2D eigenvalue weighted by molar-refractivity contribution is 5.72. The molecule has 80 heavy (non-hydrogen) atoms. The zero-order valence-corrected chi connectivity index (χ0v) is 45.7. The topological polar surface area (TPSA) is 441 Å². The highest BCUT2D eigenvalue weighted by Gasteiger charge is 2.24. The number of carbonyl (C=O) groups is 10. The number of aliphatic hydroxyl groups excluding tert-OH is 1. The van der Waals surface area contributed by atoms with Gasteiger partial charge in [-0.2, -0.15) is 0 Å². The highest BCUT2D eigenvalue weighted by atomic mass is 16.4. The predicted molar refractivity (Wildman–Crippen MR) is 282 cm³/mol. The summed E-state index contributed by atoms with van der Waals surface area (Å²) in [7, 11) is 0. The van der Waals surface area contributed by atoms with E-state index in [1.807, 2.05) is 11.8 Å². The van der Waals surface area contributed by atoms with Crippen molar-refractivity contribution in [3.05, 3.63) is 0 Å². The second kappa shape index (κ2) is 41.2. The van der Waals surface area contributed by atoms with Gasteiger partial charge in [0.1, 0.15) is 0 Å². The van der Waals surface area contributed by atoms with Crippen LogP contribution in [0.5, 0.6) is 0 Å². The lowest BCUT2D eigenvalue weighted by atomic mass is 10.2. The third-order valence-corrected chi connectivity index (χ3v) is 13.0. The standard InChI is InChI=1S/C17H32N4O7.C16H28N4O8.C14H26N4O6/c1-14(13-22)21-8-6-19(11-16(25)26)4-2-18(10-15(23)24)3-5-20(7-9-21)12-17(27)28;21-13(22)9-17-1-2-18(10-14(23)24)5-6-20(12-16(27)28)8-7-19(4-3-17)11-15(25)26;19-12(20)9-16-3-1-15-2-4-17(10-13(21)22)6-8-18(7-5-16)11-14(23)24/h14,22H,2-13H2,1H3,(H,23,24)(H,25,26)(H,27,28);1-12H2,(H,21,22)(H,23,24)(H,25,26)(H,27,28);15H,1-11H2,(H,19,20)(H,21,22)(H,23,24). The van der Waals surface area contributed by atoms with Crippen LogP contribution in [-0.4, -0.2) is 405 Å². The number of hydrogen-bond donors (Lipinski definition) is 12. The summed E-state index contributed by atoms with van der Waals surface area (Å²) in [5, 5.41) is 103. The van der Waals surface area contributed by atoms with Crippen LogP contribution in [-0.2, 0) is 47.9 Å². The van der Waals surface area contributed by atoms with Crippen LogP contribution in [0.3, 0.4) is 0 Å². The third kappa shape index (κ3) is 37.9. The summed E-state index contributed by atoms with van der Waals surface area (Å²) in [6, 6.07) is -0.134. The Hall–Kier alpha value is -5.82. The zero-order valence-electron chi connectivity index (χ0n) is 45.7. The molecule has 0 aromatic rings. The van der Waals surface area contributed by atoms with Gasteiger partial charge in [0.15, 0.2) is 0 Å². The summed E-state index contributed by atoms with van der Waals surface area (Å²) in [6.07, 6.45) is 0. The molecule has 1 unspecified atom stereocenters. The van der Waals surface area contributed by atoms with Gasteiger partial charge < -0.3 is 61.5 Å². The van der Waals surface area contributed by atoms with E-state index in [1.54, 1.807) is 49.0 Å². The minimum atomic E-state index is -1.02. The lowest BCUT2D eigenvalue weighted by Crippen LogP contribution is -2.50. The number of aliphatic hydroxyl groups is 1. The van der Waals surface area contributed by atoms with Crippen LogP contribution in [0.25, 0.3) is 0 Å². The molecule has 0 bridgehead atoms. The molecule has 0 amide bonds. The first-order chi connectivity index (χ1) is 37.7. The zero-order chi connectivity index (χ0) is 60.2. The number of nitrogens with zero attached hydrogens (tertiary/aromatic N) is 11. The normalized spacial score (nSPS) is 20.1. The number of nitrogens with one attached hydrogen (secondary N) is 1. The number of carboxylic acid groups (broad SMARTS) is 10. The van der Waals surface area contributed by atoms with Crippen LogP contribution >= 0.6 is 0 Å². The van der Waals surface area contributed by atoms with Crippen LogP contribution in [0, 0.1) is 0 Å². The fourth-order valence-electron chi connectivity index (χ4n) is 8.68. The van der Waals surface area contributed by atoms with E-state index in [1.165, 1.54) is 0 Å². The summed E-state index contributed by atoms with van der Waals surface area (Å²) in [4.78, 5) is 130. The van der Waals surface area contributed by atoms with Gasteiger partial charge in [0, 0.05) is 163 Å². The van der Waals surface area contributed by atoms with Gasteiger partial charge in [0.25, 0.3) is 0 Å². The minimum absolute atomic E-state index is 0.0513. The van der Waals surface area contributed by atoms with Crippen molar-refractivity contribution in [1.29, 1.82) is 0 Å². The van der Waals surface area contributed by atoms with Crippen molar-refractivity contribution < 1.29 is 104 Å². The lowest BCUT2D eigenvalue weighted by molar-refractivity contribution is -0.141. The lowest BCUT2D eigenvalue weighted by Gasteiger charge is -2.35. The highest BCUT2D eigenvalue weighted by Crippen LogP contribution is 2.06. The van der Waals surface area contributed by atoms with Crippen LogP contribution in [0.2, 0.25) is 0 Å². The molecule has 0 radical (unpaired) electrons. The van der Waals surface area contributed by atoms with E-state index in [-0.39, 0.29) is 78.1 Å². The molecule has 0 spiro atoms. The van der Waals surface area contributed by atoms with Crippen LogP contribution < -0.4 is 5.32 Å². The van der Waals surface area contributed by atoms with Crippen LogP contribution in [0.4, 0.5) is 0 Å². The molecule has 0 aromatic heterocycles. The van der Waals surface area contributed by atoms with Gasteiger partial charge in [-0.1, -0.05) is 0 Å². The molecule has 3 heterocycles. The largest absolute Gasteiger partial charge is 0.480 e. The van der Waals surface area contributed by atoms with E-state index in [4.69, 9.17) is 51.1 Å². The maximum absolute atomic E-state index is 11.2. The number of aliphatic carboxylic acids is 10. The maximum Gasteiger partial charge on any atom is 0.317 e. The van der Waals surface area contributed by atoms with Crippen LogP contribution in [0.1, 0.15) is 6.92 Å². The van der Waals surface area contributed by atoms with Gasteiger partial charge in [-0.15, -0.1) is 0 Å². The minimum Gasteiger partial charge on any atom is -0.480 e.